The van der Waals surface area contributed by atoms with Gasteiger partial charge in [0.15, 0.2) is 0 Å². The average molecular weight is 245 g/mol. The molecule has 5 heteroatoms. The first-order valence-electron chi connectivity index (χ1n) is 5.56. The van der Waals surface area contributed by atoms with Gasteiger partial charge in [0.2, 0.25) is 11.8 Å². The standard InChI is InChI=1S/C13H15N3O2/c1-9-8-12(16-13(14-2)15-9)18-11-6-4-10(17-3)5-7-11/h4-8H,1-3H3,(H,14,15,16). The Kier molecular flexibility index (Phi) is 3.62. The normalized spacial score (nSPS) is 9.94. The Morgan fingerprint density at radius 2 is 1.72 bits per heavy atom. The van der Waals surface area contributed by atoms with Crippen LogP contribution in [0.2, 0.25) is 0 Å². The highest BCUT2D eigenvalue weighted by Crippen LogP contribution is 2.23. The summed E-state index contributed by atoms with van der Waals surface area (Å²) >= 11 is 0. The topological polar surface area (TPSA) is 56.3 Å². The Bertz CT molecular complexity index is 526. The van der Waals surface area contributed by atoms with E-state index in [1.165, 1.54) is 0 Å². The fraction of sp³-hybridized carbons (Fsp3) is 0.231. The van der Waals surface area contributed by atoms with Gasteiger partial charge in [0.1, 0.15) is 11.5 Å². The van der Waals surface area contributed by atoms with Crippen molar-refractivity contribution in [2.75, 3.05) is 19.5 Å². The molecule has 1 aromatic heterocycles. The second-order valence-electron chi connectivity index (χ2n) is 3.70. The number of hydrogen-bond acceptors (Lipinski definition) is 5. The maximum atomic E-state index is 5.65. The number of nitrogens with one attached hydrogen (secondary N) is 1. The summed E-state index contributed by atoms with van der Waals surface area (Å²) in [6.45, 7) is 1.89. The molecular weight excluding hydrogens is 230 g/mol. The molecule has 0 unspecified atom stereocenters. The van der Waals surface area contributed by atoms with Crippen molar-refractivity contribution in [2.45, 2.75) is 6.92 Å². The molecule has 0 aliphatic rings. The quantitative estimate of drug-likeness (QED) is 0.897. The molecule has 94 valence electrons. The van der Waals surface area contributed by atoms with Crippen LogP contribution in [-0.2, 0) is 0 Å². The van der Waals surface area contributed by atoms with Crippen molar-refractivity contribution in [3.63, 3.8) is 0 Å². The lowest BCUT2D eigenvalue weighted by Gasteiger charge is -2.07. The Labute approximate surface area is 106 Å². The first-order chi connectivity index (χ1) is 8.71. The predicted octanol–water partition coefficient (Wildman–Crippen LogP) is 2.63. The van der Waals surface area contributed by atoms with Crippen LogP contribution in [0.1, 0.15) is 5.69 Å². The van der Waals surface area contributed by atoms with Gasteiger partial charge in [-0.25, -0.2) is 4.98 Å². The summed E-state index contributed by atoms with van der Waals surface area (Å²) in [5, 5.41) is 2.89. The molecule has 0 fully saturated rings. The number of anilines is 1. The molecule has 1 heterocycles. The second kappa shape index (κ2) is 5.35. The predicted molar refractivity (Wildman–Crippen MR) is 69.4 cm³/mol. The van der Waals surface area contributed by atoms with Gasteiger partial charge in [-0.15, -0.1) is 0 Å². The van der Waals surface area contributed by atoms with E-state index in [0.717, 1.165) is 11.4 Å². The molecule has 0 amide bonds. The van der Waals surface area contributed by atoms with Crippen LogP contribution in [0.4, 0.5) is 5.95 Å². The maximum Gasteiger partial charge on any atom is 0.225 e. The third kappa shape index (κ3) is 2.88. The van der Waals surface area contributed by atoms with Crippen LogP contribution in [0.15, 0.2) is 30.3 Å². The Hall–Kier alpha value is -2.30. The number of benzene rings is 1. The molecule has 5 nitrogen and oxygen atoms in total. The van der Waals surface area contributed by atoms with E-state index in [1.54, 1.807) is 20.2 Å². The summed E-state index contributed by atoms with van der Waals surface area (Å²) in [5.41, 5.74) is 0.845. The van der Waals surface area contributed by atoms with Crippen molar-refractivity contribution in [3.05, 3.63) is 36.0 Å². The van der Waals surface area contributed by atoms with E-state index >= 15 is 0 Å². The van der Waals surface area contributed by atoms with Crippen molar-refractivity contribution in [3.8, 4) is 17.4 Å². The zero-order chi connectivity index (χ0) is 13.0. The van der Waals surface area contributed by atoms with Crippen LogP contribution in [0.25, 0.3) is 0 Å². The van der Waals surface area contributed by atoms with Crippen molar-refractivity contribution < 1.29 is 9.47 Å². The molecule has 2 aromatic rings. The molecular formula is C13H15N3O2. The number of aryl methyl sites for hydroxylation is 1. The van der Waals surface area contributed by atoms with Crippen LogP contribution in [0.3, 0.4) is 0 Å². The molecule has 0 aliphatic heterocycles. The monoisotopic (exact) mass is 245 g/mol. The minimum Gasteiger partial charge on any atom is -0.497 e. The van der Waals surface area contributed by atoms with Crippen LogP contribution in [-0.4, -0.2) is 24.1 Å². The van der Waals surface area contributed by atoms with Crippen LogP contribution >= 0.6 is 0 Å². The van der Waals surface area contributed by atoms with E-state index in [2.05, 4.69) is 15.3 Å². The Morgan fingerprint density at radius 1 is 1.06 bits per heavy atom. The number of ether oxygens (including phenoxy) is 2. The number of rotatable bonds is 4. The molecule has 0 atom stereocenters. The average Bonchev–Trinajstić information content (AvgIpc) is 2.39. The lowest BCUT2D eigenvalue weighted by Crippen LogP contribution is -1.99. The van der Waals surface area contributed by atoms with Gasteiger partial charge in [0.05, 0.1) is 7.11 Å². The summed E-state index contributed by atoms with van der Waals surface area (Å²) in [6, 6.07) is 9.11. The number of nitrogens with zero attached hydrogens (tertiary/aromatic N) is 2. The van der Waals surface area contributed by atoms with Crippen LogP contribution in [0, 0.1) is 6.92 Å². The smallest absolute Gasteiger partial charge is 0.225 e. The highest BCUT2D eigenvalue weighted by atomic mass is 16.5. The number of aromatic nitrogens is 2. The summed E-state index contributed by atoms with van der Waals surface area (Å²) in [6.07, 6.45) is 0. The third-order valence-corrected chi connectivity index (χ3v) is 2.34. The Balaban J connectivity index is 2.19. The summed E-state index contributed by atoms with van der Waals surface area (Å²) in [4.78, 5) is 8.41. The minimum atomic E-state index is 0.511. The first kappa shape index (κ1) is 12.2. The van der Waals surface area contributed by atoms with Gasteiger partial charge in [-0.1, -0.05) is 0 Å². The second-order valence-corrected chi connectivity index (χ2v) is 3.70. The fourth-order valence-electron chi connectivity index (χ4n) is 1.47. The van der Waals surface area contributed by atoms with Gasteiger partial charge >= 0.3 is 0 Å². The molecule has 1 aromatic carbocycles. The van der Waals surface area contributed by atoms with E-state index in [4.69, 9.17) is 9.47 Å². The molecule has 0 bridgehead atoms. The molecule has 0 saturated carbocycles. The van der Waals surface area contributed by atoms with Gasteiger partial charge in [0.25, 0.3) is 0 Å². The number of hydrogen-bond donors (Lipinski definition) is 1. The zero-order valence-electron chi connectivity index (χ0n) is 10.6. The van der Waals surface area contributed by atoms with Gasteiger partial charge in [0, 0.05) is 18.8 Å². The van der Waals surface area contributed by atoms with E-state index in [9.17, 15) is 0 Å². The molecule has 0 radical (unpaired) electrons. The van der Waals surface area contributed by atoms with E-state index < -0.39 is 0 Å². The molecule has 1 N–H and O–H groups in total. The third-order valence-electron chi connectivity index (χ3n) is 2.34. The molecule has 0 aliphatic carbocycles. The molecule has 2 rings (SSSR count). The van der Waals surface area contributed by atoms with Gasteiger partial charge in [-0.2, -0.15) is 4.98 Å². The molecule has 0 saturated heterocycles. The van der Waals surface area contributed by atoms with Crippen molar-refractivity contribution in [1.29, 1.82) is 0 Å². The first-order valence-corrected chi connectivity index (χ1v) is 5.56. The van der Waals surface area contributed by atoms with Crippen molar-refractivity contribution in [1.82, 2.24) is 9.97 Å². The van der Waals surface area contributed by atoms with Crippen molar-refractivity contribution in [2.24, 2.45) is 0 Å². The van der Waals surface area contributed by atoms with E-state index in [-0.39, 0.29) is 0 Å². The van der Waals surface area contributed by atoms with E-state index in [0.29, 0.717) is 17.6 Å². The van der Waals surface area contributed by atoms with E-state index in [1.807, 2.05) is 31.2 Å². The SMILES string of the molecule is CNc1nc(C)cc(Oc2ccc(OC)cc2)n1. The molecule has 18 heavy (non-hydrogen) atoms. The zero-order valence-corrected chi connectivity index (χ0v) is 10.6. The minimum absolute atomic E-state index is 0.511. The van der Waals surface area contributed by atoms with Gasteiger partial charge in [-0.3, -0.25) is 0 Å². The summed E-state index contributed by atoms with van der Waals surface area (Å²) < 4.78 is 10.7. The largest absolute Gasteiger partial charge is 0.497 e. The summed E-state index contributed by atoms with van der Waals surface area (Å²) in [5.74, 6) is 2.55. The van der Waals surface area contributed by atoms with Gasteiger partial charge in [-0.05, 0) is 31.2 Å². The number of methoxy groups -OCH3 is 1. The maximum absolute atomic E-state index is 5.65. The lowest BCUT2D eigenvalue weighted by atomic mass is 10.3. The van der Waals surface area contributed by atoms with Gasteiger partial charge < -0.3 is 14.8 Å². The lowest BCUT2D eigenvalue weighted by molar-refractivity contribution is 0.412. The van der Waals surface area contributed by atoms with Crippen LogP contribution < -0.4 is 14.8 Å². The summed E-state index contributed by atoms with van der Waals surface area (Å²) in [7, 11) is 3.40. The van der Waals surface area contributed by atoms with Crippen LogP contribution in [0.5, 0.6) is 17.4 Å². The highest BCUT2D eigenvalue weighted by Gasteiger charge is 2.03. The molecule has 0 spiro atoms. The highest BCUT2D eigenvalue weighted by molar-refractivity contribution is 5.35. The fourth-order valence-corrected chi connectivity index (χ4v) is 1.47. The van der Waals surface area contributed by atoms with Crippen molar-refractivity contribution >= 4 is 5.95 Å². The Morgan fingerprint density at radius 3 is 2.33 bits per heavy atom.